The van der Waals surface area contributed by atoms with Gasteiger partial charge in [0.25, 0.3) is 0 Å². The molecule has 1 aromatic carbocycles. The lowest BCUT2D eigenvalue weighted by molar-refractivity contribution is 0.00578. The summed E-state index contributed by atoms with van der Waals surface area (Å²) in [5.41, 5.74) is -0.758. The first-order valence-corrected chi connectivity index (χ1v) is 6.47. The fraction of sp³-hybridized carbons (Fsp3) is 0.500. The van der Waals surface area contributed by atoms with Crippen LogP contribution in [0.5, 0.6) is 0 Å². The molecule has 0 aromatic heterocycles. The van der Waals surface area contributed by atoms with Crippen LogP contribution in [0, 0.1) is 5.82 Å². The molecule has 2 nitrogen and oxygen atoms in total. The lowest BCUT2D eigenvalue weighted by atomic mass is 9.90. The van der Waals surface area contributed by atoms with Crippen molar-refractivity contribution >= 4 is 18.0 Å². The third-order valence-corrected chi connectivity index (χ3v) is 4.26. The van der Waals surface area contributed by atoms with Gasteiger partial charge in [0.05, 0.1) is 11.2 Å². The highest BCUT2D eigenvalue weighted by Gasteiger charge is 2.51. The summed E-state index contributed by atoms with van der Waals surface area (Å²) in [4.78, 5) is 0.547. The number of halogens is 1. The summed E-state index contributed by atoms with van der Waals surface area (Å²) in [5.74, 6) is -0.243. The molecule has 0 bridgehead atoms. The van der Waals surface area contributed by atoms with Crippen LogP contribution >= 0.6 is 11.6 Å². The summed E-state index contributed by atoms with van der Waals surface area (Å²) in [6.07, 6.45) is -0.461. The average Bonchev–Trinajstić information content (AvgIpc) is 2.39. The van der Waals surface area contributed by atoms with E-state index in [1.165, 1.54) is 17.7 Å². The highest BCUT2D eigenvalue weighted by atomic mass is 32.2. The molecule has 0 amide bonds. The minimum Gasteiger partial charge on any atom is -0.394 e. The van der Waals surface area contributed by atoms with Crippen LogP contribution in [-0.2, 0) is 9.31 Å². The van der Waals surface area contributed by atoms with E-state index in [2.05, 4.69) is 0 Å². The van der Waals surface area contributed by atoms with Crippen molar-refractivity contribution < 1.29 is 13.7 Å². The number of benzene rings is 1. The molecule has 1 heterocycles. The van der Waals surface area contributed by atoms with E-state index >= 15 is 0 Å². The van der Waals surface area contributed by atoms with Crippen molar-refractivity contribution in [2.75, 3.05) is 0 Å². The van der Waals surface area contributed by atoms with Gasteiger partial charge in [-0.05, 0) is 39.8 Å². The van der Waals surface area contributed by atoms with E-state index in [0.29, 0.717) is 4.90 Å². The Morgan fingerprint density at radius 2 is 1.59 bits per heavy atom. The third-order valence-electron chi connectivity index (χ3n) is 3.29. The maximum atomic E-state index is 13.5. The van der Waals surface area contributed by atoms with Crippen LogP contribution in [-0.4, -0.2) is 17.6 Å². The van der Waals surface area contributed by atoms with Gasteiger partial charge in [-0.2, -0.15) is 0 Å². The zero-order valence-corrected chi connectivity index (χ0v) is 11.3. The first-order chi connectivity index (χ1) is 7.82. The van der Waals surface area contributed by atoms with Crippen molar-refractivity contribution in [2.45, 2.75) is 43.8 Å². The predicted octanol–water partition coefficient (Wildman–Crippen LogP) is 3.51. The van der Waals surface area contributed by atoms with Gasteiger partial charge in [0.2, 0.25) is 0 Å². The molecule has 0 radical (unpaired) electrons. The number of hydrogen-bond acceptors (Lipinski definition) is 3. The minimum absolute atomic E-state index is 0.243. The Balaban J connectivity index is 2.11. The molecule has 2 rings (SSSR count). The van der Waals surface area contributed by atoms with Crippen LogP contribution < -0.4 is 0 Å². The molecule has 0 spiro atoms. The van der Waals surface area contributed by atoms with Crippen LogP contribution in [0.1, 0.15) is 27.7 Å². The SMILES string of the molecule is CC1(C)OB(Sc2ccccc2F)OC1(C)C. The molecule has 1 aromatic rings. The highest BCUT2D eigenvalue weighted by Crippen LogP contribution is 2.41. The molecule has 5 heteroatoms. The number of hydrogen-bond donors (Lipinski definition) is 0. The monoisotopic (exact) mass is 254 g/mol. The van der Waals surface area contributed by atoms with Gasteiger partial charge in [-0.3, -0.25) is 0 Å². The molecule has 0 saturated carbocycles. The van der Waals surface area contributed by atoms with Gasteiger partial charge in [-0.15, -0.1) is 11.6 Å². The molecule has 1 aliphatic heterocycles. The van der Waals surface area contributed by atoms with E-state index < -0.39 is 6.40 Å². The molecule has 0 unspecified atom stereocenters. The Labute approximate surface area is 106 Å². The molecule has 1 saturated heterocycles. The topological polar surface area (TPSA) is 18.5 Å². The van der Waals surface area contributed by atoms with E-state index in [1.54, 1.807) is 18.2 Å². The zero-order chi connectivity index (χ0) is 12.7. The minimum atomic E-state index is -0.461. The molecular weight excluding hydrogens is 238 g/mol. The smallest absolute Gasteiger partial charge is 0.394 e. The van der Waals surface area contributed by atoms with E-state index in [0.717, 1.165) is 0 Å². The van der Waals surface area contributed by atoms with E-state index in [1.807, 2.05) is 27.7 Å². The van der Waals surface area contributed by atoms with Crippen molar-refractivity contribution in [1.29, 1.82) is 0 Å². The molecule has 17 heavy (non-hydrogen) atoms. The second-order valence-electron chi connectivity index (χ2n) is 5.09. The molecule has 0 atom stereocenters. The van der Waals surface area contributed by atoms with E-state index in [9.17, 15) is 4.39 Å². The van der Waals surface area contributed by atoms with Gasteiger partial charge in [0.1, 0.15) is 5.82 Å². The fourth-order valence-electron chi connectivity index (χ4n) is 1.48. The largest absolute Gasteiger partial charge is 0.537 e. The molecule has 1 aliphatic rings. The van der Waals surface area contributed by atoms with Crippen LogP contribution in [0.3, 0.4) is 0 Å². The van der Waals surface area contributed by atoms with E-state index in [-0.39, 0.29) is 17.0 Å². The molecule has 0 aliphatic carbocycles. The number of rotatable bonds is 2. The Hall–Kier alpha value is -0.515. The Bertz CT molecular complexity index is 407. The molecule has 92 valence electrons. The van der Waals surface area contributed by atoms with Crippen LogP contribution in [0.4, 0.5) is 4.39 Å². The van der Waals surface area contributed by atoms with Crippen LogP contribution in [0.15, 0.2) is 29.2 Å². The van der Waals surface area contributed by atoms with Crippen molar-refractivity contribution in [3.8, 4) is 0 Å². The van der Waals surface area contributed by atoms with Gasteiger partial charge >= 0.3 is 6.40 Å². The van der Waals surface area contributed by atoms with Gasteiger partial charge in [-0.25, -0.2) is 4.39 Å². The van der Waals surface area contributed by atoms with Crippen molar-refractivity contribution in [3.05, 3.63) is 30.1 Å². The maximum Gasteiger partial charge on any atom is 0.537 e. The van der Waals surface area contributed by atoms with Crippen LogP contribution in [0.2, 0.25) is 0 Å². The fourth-order valence-corrected chi connectivity index (χ4v) is 2.60. The maximum absolute atomic E-state index is 13.5. The quantitative estimate of drug-likeness (QED) is 0.752. The van der Waals surface area contributed by atoms with Gasteiger partial charge in [-0.1, -0.05) is 12.1 Å². The molecule has 1 fully saturated rings. The first-order valence-electron chi connectivity index (χ1n) is 5.59. The van der Waals surface area contributed by atoms with Crippen LogP contribution in [0.25, 0.3) is 0 Å². The second kappa shape index (κ2) is 4.30. The lowest BCUT2D eigenvalue weighted by Crippen LogP contribution is -2.41. The van der Waals surface area contributed by atoms with E-state index in [4.69, 9.17) is 9.31 Å². The summed E-state index contributed by atoms with van der Waals surface area (Å²) >= 11 is 1.26. The second-order valence-corrected chi connectivity index (χ2v) is 6.15. The van der Waals surface area contributed by atoms with Crippen molar-refractivity contribution in [3.63, 3.8) is 0 Å². The van der Waals surface area contributed by atoms with Crippen molar-refractivity contribution in [1.82, 2.24) is 0 Å². The summed E-state index contributed by atoms with van der Waals surface area (Å²) in [6.45, 7) is 7.92. The molecular formula is C12H16BFO2S. The van der Waals surface area contributed by atoms with Gasteiger partial charge in [0.15, 0.2) is 0 Å². The molecule has 0 N–H and O–H groups in total. The third kappa shape index (κ3) is 2.51. The van der Waals surface area contributed by atoms with Gasteiger partial charge < -0.3 is 9.31 Å². The Kier molecular flexibility index (Phi) is 3.27. The predicted molar refractivity (Wildman–Crippen MR) is 68.3 cm³/mol. The van der Waals surface area contributed by atoms with Gasteiger partial charge in [0, 0.05) is 4.90 Å². The summed E-state index contributed by atoms with van der Waals surface area (Å²) in [5, 5.41) is 0. The average molecular weight is 254 g/mol. The Morgan fingerprint density at radius 1 is 1.06 bits per heavy atom. The summed E-state index contributed by atoms with van der Waals surface area (Å²) in [6, 6.07) is 6.64. The highest BCUT2D eigenvalue weighted by molar-refractivity contribution is 8.24. The Morgan fingerprint density at radius 3 is 2.12 bits per heavy atom. The lowest BCUT2D eigenvalue weighted by Gasteiger charge is -2.32. The summed E-state index contributed by atoms with van der Waals surface area (Å²) < 4.78 is 25.1. The first kappa shape index (κ1) is 12.9. The summed E-state index contributed by atoms with van der Waals surface area (Å²) in [7, 11) is 0. The zero-order valence-electron chi connectivity index (χ0n) is 10.5. The standard InChI is InChI=1S/C12H16BFO2S/c1-11(2)12(3,4)16-13(15-11)17-10-8-6-5-7-9(10)14/h5-8H,1-4H3. The normalized spacial score (nSPS) is 21.8. The van der Waals surface area contributed by atoms with Crippen molar-refractivity contribution in [2.24, 2.45) is 0 Å².